The fraction of sp³-hybridized carbons (Fsp3) is 0.194. The quantitative estimate of drug-likeness (QED) is 0.141. The number of ether oxygens (including phenoxy) is 1. The molecule has 0 radical (unpaired) electrons. The molecule has 2 nitrogen and oxygen atoms in total. The molecule has 186 valence electrons. The Bertz CT molecular complexity index is 1690. The van der Waals surface area contributed by atoms with Crippen LogP contribution in [0.5, 0.6) is 5.75 Å². The lowest BCUT2D eigenvalue weighted by atomic mass is 9.90. The number of benzene rings is 6. The molecule has 0 aliphatic heterocycles. The second kappa shape index (κ2) is 11.0. The molecule has 0 aliphatic carbocycles. The van der Waals surface area contributed by atoms with Gasteiger partial charge in [-0.1, -0.05) is 98.1 Å². The highest BCUT2D eigenvalue weighted by atomic mass is 16.5. The van der Waals surface area contributed by atoms with Crippen LogP contribution in [0.1, 0.15) is 43.2 Å². The van der Waals surface area contributed by atoms with Crippen LogP contribution in [0.15, 0.2) is 103 Å². The van der Waals surface area contributed by atoms with Gasteiger partial charge < -0.3 is 4.74 Å². The van der Waals surface area contributed by atoms with Gasteiger partial charge in [-0.3, -0.25) is 0 Å². The predicted octanol–water partition coefficient (Wildman–Crippen LogP) is 9.69. The summed E-state index contributed by atoms with van der Waals surface area (Å²) >= 11 is 0. The summed E-state index contributed by atoms with van der Waals surface area (Å²) in [5.74, 6) is 0.913. The standard InChI is InChI=1S/C36H31NO/c37-25-26-10-12-27(13-11-26)28-18-21-33(22-19-28)38-24-5-3-1-2-4-7-29-14-15-32-17-16-30-8-6-9-31-20-23-34(29)36(32)35(30)31/h6,8-23H,1-5,7,24H2. The zero-order valence-electron chi connectivity index (χ0n) is 21.6. The minimum atomic E-state index is 0.682. The highest BCUT2D eigenvalue weighted by molar-refractivity contribution is 6.23. The van der Waals surface area contributed by atoms with E-state index >= 15 is 0 Å². The number of nitrogens with zero attached hydrogens (tertiary/aromatic N) is 1. The molecule has 0 amide bonds. The number of unbranched alkanes of at least 4 members (excludes halogenated alkanes) is 4. The van der Waals surface area contributed by atoms with Crippen molar-refractivity contribution in [1.82, 2.24) is 0 Å². The molecule has 0 bridgehead atoms. The van der Waals surface area contributed by atoms with Gasteiger partial charge in [0, 0.05) is 0 Å². The maximum Gasteiger partial charge on any atom is 0.119 e. The molecule has 6 aromatic carbocycles. The van der Waals surface area contributed by atoms with Crippen molar-refractivity contribution in [1.29, 1.82) is 5.26 Å². The van der Waals surface area contributed by atoms with Crippen LogP contribution in [0.4, 0.5) is 0 Å². The molecule has 38 heavy (non-hydrogen) atoms. The van der Waals surface area contributed by atoms with E-state index in [4.69, 9.17) is 10.00 Å². The van der Waals surface area contributed by atoms with Gasteiger partial charge in [-0.05, 0) is 92.5 Å². The third kappa shape index (κ3) is 4.93. The van der Waals surface area contributed by atoms with Gasteiger partial charge in [0.2, 0.25) is 0 Å². The second-order valence-electron chi connectivity index (χ2n) is 10.2. The highest BCUT2D eigenvalue weighted by Crippen LogP contribution is 2.36. The van der Waals surface area contributed by atoms with Crippen molar-refractivity contribution in [3.05, 3.63) is 114 Å². The molecule has 2 heteroatoms. The molecular formula is C36H31NO. The van der Waals surface area contributed by atoms with Crippen molar-refractivity contribution >= 4 is 32.3 Å². The van der Waals surface area contributed by atoms with E-state index in [0.717, 1.165) is 36.3 Å². The van der Waals surface area contributed by atoms with E-state index in [1.165, 1.54) is 63.6 Å². The van der Waals surface area contributed by atoms with Crippen molar-refractivity contribution < 1.29 is 4.74 Å². The second-order valence-corrected chi connectivity index (χ2v) is 10.2. The summed E-state index contributed by atoms with van der Waals surface area (Å²) in [6, 6.07) is 38.4. The lowest BCUT2D eigenvalue weighted by Gasteiger charge is -2.14. The van der Waals surface area contributed by atoms with Gasteiger partial charge in [0.05, 0.1) is 18.2 Å². The lowest BCUT2D eigenvalue weighted by molar-refractivity contribution is 0.304. The molecule has 0 spiro atoms. The first kappa shape index (κ1) is 24.0. The van der Waals surface area contributed by atoms with Crippen LogP contribution in [-0.4, -0.2) is 6.61 Å². The number of hydrogen-bond donors (Lipinski definition) is 0. The number of hydrogen-bond acceptors (Lipinski definition) is 2. The highest BCUT2D eigenvalue weighted by Gasteiger charge is 2.10. The Kier molecular flexibility index (Phi) is 6.92. The van der Waals surface area contributed by atoms with Gasteiger partial charge in [-0.15, -0.1) is 0 Å². The van der Waals surface area contributed by atoms with Crippen molar-refractivity contribution in [2.24, 2.45) is 0 Å². The molecule has 0 saturated carbocycles. The summed E-state index contributed by atoms with van der Waals surface area (Å²) in [7, 11) is 0. The topological polar surface area (TPSA) is 33.0 Å². The lowest BCUT2D eigenvalue weighted by Crippen LogP contribution is -1.97. The van der Waals surface area contributed by atoms with Gasteiger partial charge in [0.1, 0.15) is 5.75 Å². The number of aryl methyl sites for hydroxylation is 1. The third-order valence-corrected chi connectivity index (χ3v) is 7.68. The van der Waals surface area contributed by atoms with Gasteiger partial charge in [-0.2, -0.15) is 5.26 Å². The van der Waals surface area contributed by atoms with Crippen molar-refractivity contribution in [3.8, 4) is 22.9 Å². The summed E-state index contributed by atoms with van der Waals surface area (Å²) in [4.78, 5) is 0. The maximum absolute atomic E-state index is 8.96. The molecule has 0 heterocycles. The minimum absolute atomic E-state index is 0.682. The average molecular weight is 494 g/mol. The summed E-state index contributed by atoms with van der Waals surface area (Å²) in [6.07, 6.45) is 7.13. The van der Waals surface area contributed by atoms with Crippen molar-refractivity contribution in [2.75, 3.05) is 6.61 Å². The monoisotopic (exact) mass is 493 g/mol. The fourth-order valence-corrected chi connectivity index (χ4v) is 5.63. The molecule has 0 aromatic heterocycles. The van der Waals surface area contributed by atoms with Gasteiger partial charge in [-0.25, -0.2) is 0 Å². The molecule has 0 N–H and O–H groups in total. The van der Waals surface area contributed by atoms with Crippen LogP contribution in [0, 0.1) is 11.3 Å². The fourth-order valence-electron chi connectivity index (χ4n) is 5.63. The smallest absolute Gasteiger partial charge is 0.119 e. The summed E-state index contributed by atoms with van der Waals surface area (Å²) < 4.78 is 5.97. The van der Waals surface area contributed by atoms with E-state index < -0.39 is 0 Å². The van der Waals surface area contributed by atoms with E-state index in [1.54, 1.807) is 0 Å². The number of rotatable bonds is 10. The minimum Gasteiger partial charge on any atom is -0.494 e. The van der Waals surface area contributed by atoms with Crippen molar-refractivity contribution in [3.63, 3.8) is 0 Å². The Morgan fingerprint density at radius 2 is 1.16 bits per heavy atom. The summed E-state index contributed by atoms with van der Waals surface area (Å²) in [5, 5.41) is 17.2. The molecular weight excluding hydrogens is 462 g/mol. The van der Waals surface area contributed by atoms with Crippen LogP contribution in [0.3, 0.4) is 0 Å². The molecule has 0 fully saturated rings. The molecule has 0 unspecified atom stereocenters. The van der Waals surface area contributed by atoms with Gasteiger partial charge in [0.15, 0.2) is 0 Å². The molecule has 0 saturated heterocycles. The van der Waals surface area contributed by atoms with Crippen LogP contribution >= 0.6 is 0 Å². The SMILES string of the molecule is N#Cc1ccc(-c2ccc(OCCCCCCCc3ccc4ccc5cccc6ccc3c4c56)cc2)cc1. The van der Waals surface area contributed by atoms with Crippen LogP contribution < -0.4 is 4.74 Å². The summed E-state index contributed by atoms with van der Waals surface area (Å²) in [6.45, 7) is 0.755. The largest absolute Gasteiger partial charge is 0.494 e. The van der Waals surface area contributed by atoms with Gasteiger partial charge >= 0.3 is 0 Å². The third-order valence-electron chi connectivity index (χ3n) is 7.68. The van der Waals surface area contributed by atoms with E-state index in [2.05, 4.69) is 72.8 Å². The number of nitriles is 1. The van der Waals surface area contributed by atoms with E-state index in [1.807, 2.05) is 36.4 Å². The Balaban J connectivity index is 0.956. The maximum atomic E-state index is 8.96. The molecule has 0 atom stereocenters. The average Bonchev–Trinajstić information content (AvgIpc) is 2.98. The molecule has 6 aromatic rings. The van der Waals surface area contributed by atoms with Gasteiger partial charge in [0.25, 0.3) is 0 Å². The Morgan fingerprint density at radius 3 is 1.89 bits per heavy atom. The van der Waals surface area contributed by atoms with Crippen molar-refractivity contribution in [2.45, 2.75) is 38.5 Å². The normalized spacial score (nSPS) is 11.3. The van der Waals surface area contributed by atoms with Crippen LogP contribution in [0.2, 0.25) is 0 Å². The molecule has 6 rings (SSSR count). The predicted molar refractivity (Wildman–Crippen MR) is 159 cm³/mol. The van der Waals surface area contributed by atoms with Crippen LogP contribution in [-0.2, 0) is 6.42 Å². The first-order chi connectivity index (χ1) is 18.8. The Labute approximate surface area is 224 Å². The Hall–Kier alpha value is -4.35. The zero-order valence-corrected chi connectivity index (χ0v) is 21.6. The first-order valence-electron chi connectivity index (χ1n) is 13.7. The first-order valence-corrected chi connectivity index (χ1v) is 13.7. The Morgan fingerprint density at radius 1 is 0.553 bits per heavy atom. The molecule has 0 aliphatic rings. The zero-order chi connectivity index (χ0) is 25.7. The van der Waals surface area contributed by atoms with E-state index in [-0.39, 0.29) is 0 Å². The van der Waals surface area contributed by atoms with E-state index in [0.29, 0.717) is 5.56 Å². The summed E-state index contributed by atoms with van der Waals surface area (Å²) in [5.41, 5.74) is 4.40. The van der Waals surface area contributed by atoms with Crippen LogP contribution in [0.25, 0.3) is 43.4 Å². The van der Waals surface area contributed by atoms with E-state index in [9.17, 15) is 0 Å².